The first-order valence-electron chi connectivity index (χ1n) is 20.0. The van der Waals surface area contributed by atoms with Crippen LogP contribution < -0.4 is 0 Å². The second kappa shape index (κ2) is 36.8. The van der Waals surface area contributed by atoms with Crippen molar-refractivity contribution in [3.63, 3.8) is 0 Å². The van der Waals surface area contributed by atoms with Crippen molar-refractivity contribution in [2.45, 2.75) is 187 Å². The topological polar surface area (TPSA) is 119 Å². The molecule has 0 unspecified atom stereocenters. The molecule has 290 valence electrons. The molecule has 0 saturated heterocycles. The number of carbonyl (C=O) groups excluding carboxylic acids is 2. The van der Waals surface area contributed by atoms with E-state index in [-0.39, 0.29) is 13.0 Å². The van der Waals surface area contributed by atoms with Crippen molar-refractivity contribution in [3.8, 4) is 0 Å². The molecular formula is C41H73O8P. The van der Waals surface area contributed by atoms with Crippen molar-refractivity contribution >= 4 is 19.8 Å². The van der Waals surface area contributed by atoms with Gasteiger partial charge in [-0.05, 0) is 44.9 Å². The number of unbranched alkanes of at least 4 members (excludes halogenated alkanes) is 21. The van der Waals surface area contributed by atoms with Crippen LogP contribution in [0.4, 0.5) is 0 Å². The van der Waals surface area contributed by atoms with Crippen LogP contribution in [0, 0.1) is 0 Å². The Labute approximate surface area is 305 Å². The molecule has 0 aromatic heterocycles. The zero-order valence-corrected chi connectivity index (χ0v) is 32.7. The van der Waals surface area contributed by atoms with E-state index in [9.17, 15) is 14.2 Å². The molecule has 0 aliphatic carbocycles. The molecule has 0 heterocycles. The number of hydrogen-bond acceptors (Lipinski definition) is 6. The molecule has 0 spiro atoms. The summed E-state index contributed by atoms with van der Waals surface area (Å²) in [5.41, 5.74) is 0. The van der Waals surface area contributed by atoms with Gasteiger partial charge in [0, 0.05) is 12.5 Å². The molecule has 0 rings (SSSR count). The number of phosphoric acid groups is 1. The van der Waals surface area contributed by atoms with Crippen molar-refractivity contribution < 1.29 is 37.9 Å². The molecule has 0 radical (unpaired) electrons. The van der Waals surface area contributed by atoms with Crippen LogP contribution in [0.2, 0.25) is 0 Å². The quantitative estimate of drug-likeness (QED) is 0.0164. The Bertz CT molecular complexity index is 952. The van der Waals surface area contributed by atoms with E-state index in [2.05, 4.69) is 36.6 Å². The molecule has 9 heteroatoms. The van der Waals surface area contributed by atoms with Gasteiger partial charge in [-0.15, -0.1) is 0 Å². The van der Waals surface area contributed by atoms with Gasteiger partial charge in [0.05, 0.1) is 6.61 Å². The van der Waals surface area contributed by atoms with E-state index in [1.807, 2.05) is 12.2 Å². The van der Waals surface area contributed by atoms with Crippen LogP contribution in [0.3, 0.4) is 0 Å². The van der Waals surface area contributed by atoms with Crippen LogP contribution in [0.5, 0.6) is 0 Å². The molecule has 8 nitrogen and oxygen atoms in total. The van der Waals surface area contributed by atoms with E-state index in [4.69, 9.17) is 19.3 Å². The Balaban J connectivity index is 4.11. The van der Waals surface area contributed by atoms with Gasteiger partial charge >= 0.3 is 19.8 Å². The fourth-order valence-corrected chi connectivity index (χ4v) is 5.80. The molecule has 1 atom stereocenters. The predicted molar refractivity (Wildman–Crippen MR) is 207 cm³/mol. The van der Waals surface area contributed by atoms with Gasteiger partial charge in [-0.25, -0.2) is 9.36 Å². The SMILES string of the molecule is CCCCCCCCCCC/C=C/C/C=C/CCCC(=O)O[C@H](COC(=O)/C=C/C=C/CCCCCCCCCCCCC)COP(=O)(O)O. The average molecular weight is 725 g/mol. The number of esters is 2. The third-order valence-corrected chi connectivity index (χ3v) is 8.91. The lowest BCUT2D eigenvalue weighted by atomic mass is 10.1. The molecule has 2 N–H and O–H groups in total. The van der Waals surface area contributed by atoms with Crippen LogP contribution in [0.1, 0.15) is 181 Å². The minimum atomic E-state index is -4.78. The molecule has 0 fully saturated rings. The number of hydrogen-bond donors (Lipinski definition) is 2. The molecule has 0 aromatic rings. The van der Waals surface area contributed by atoms with Crippen molar-refractivity contribution in [2.75, 3.05) is 13.2 Å². The lowest BCUT2D eigenvalue weighted by molar-refractivity contribution is -0.159. The summed E-state index contributed by atoms with van der Waals surface area (Å²) in [5, 5.41) is 0. The van der Waals surface area contributed by atoms with E-state index in [0.717, 1.165) is 25.7 Å². The zero-order chi connectivity index (χ0) is 36.8. The zero-order valence-electron chi connectivity index (χ0n) is 31.8. The first-order chi connectivity index (χ1) is 24.3. The van der Waals surface area contributed by atoms with E-state index in [1.54, 1.807) is 12.2 Å². The normalized spacial score (nSPS) is 13.0. The van der Waals surface area contributed by atoms with E-state index >= 15 is 0 Å². The molecule has 0 amide bonds. The third kappa shape index (κ3) is 38.8. The highest BCUT2D eigenvalue weighted by atomic mass is 31.2. The lowest BCUT2D eigenvalue weighted by Crippen LogP contribution is -2.29. The summed E-state index contributed by atoms with van der Waals surface area (Å²) in [6.45, 7) is 3.54. The van der Waals surface area contributed by atoms with E-state index in [0.29, 0.717) is 12.8 Å². The van der Waals surface area contributed by atoms with Gasteiger partial charge in [0.1, 0.15) is 6.61 Å². The second-order valence-corrected chi connectivity index (χ2v) is 14.6. The van der Waals surface area contributed by atoms with Gasteiger partial charge in [0.2, 0.25) is 0 Å². The fraction of sp³-hybridized carbons (Fsp3) is 0.756. The summed E-state index contributed by atoms with van der Waals surface area (Å²) in [7, 11) is -4.78. The maximum atomic E-state index is 12.3. The first kappa shape index (κ1) is 48.0. The minimum absolute atomic E-state index is 0.128. The Hall–Kier alpha value is -1.99. The second-order valence-electron chi connectivity index (χ2n) is 13.3. The summed E-state index contributed by atoms with van der Waals surface area (Å²) in [6.07, 6.45) is 44.7. The van der Waals surface area contributed by atoms with Gasteiger partial charge in [0.25, 0.3) is 0 Å². The monoisotopic (exact) mass is 725 g/mol. The van der Waals surface area contributed by atoms with Crippen LogP contribution in [0.25, 0.3) is 0 Å². The van der Waals surface area contributed by atoms with E-state index in [1.165, 1.54) is 128 Å². The Morgan fingerprint density at radius 2 is 1.04 bits per heavy atom. The van der Waals surface area contributed by atoms with Gasteiger partial charge < -0.3 is 19.3 Å². The van der Waals surface area contributed by atoms with Crippen molar-refractivity contribution in [3.05, 3.63) is 48.6 Å². The van der Waals surface area contributed by atoms with Gasteiger partial charge in [-0.2, -0.15) is 0 Å². The van der Waals surface area contributed by atoms with Crippen molar-refractivity contribution in [2.24, 2.45) is 0 Å². The summed E-state index contributed by atoms with van der Waals surface area (Å²) < 4.78 is 26.1. The summed E-state index contributed by atoms with van der Waals surface area (Å²) >= 11 is 0. The average Bonchev–Trinajstić information content (AvgIpc) is 3.08. The third-order valence-electron chi connectivity index (χ3n) is 8.42. The Morgan fingerprint density at radius 3 is 1.54 bits per heavy atom. The highest BCUT2D eigenvalue weighted by Crippen LogP contribution is 2.35. The fourth-order valence-electron chi connectivity index (χ4n) is 5.44. The summed E-state index contributed by atoms with van der Waals surface area (Å²) in [4.78, 5) is 42.6. The largest absolute Gasteiger partial charge is 0.469 e. The molecule has 0 aliphatic rings. The standard InChI is InChI=1S/C41H73O8P/c1-3-5-7-9-11-13-15-17-19-20-22-24-26-28-30-32-34-36-41(43)49-39(38-48-50(44,45)46)37-47-40(42)35-33-31-29-27-25-23-21-18-16-14-12-10-8-6-4-2/h22,24,28-31,33,35,39H,3-21,23,25-27,32,34,36-38H2,1-2H3,(H2,44,45,46)/b24-22+,30-28+,31-29+,35-33+/t39-/m1/s1. The number of ether oxygens (including phenoxy) is 2. The number of rotatable bonds is 36. The molecule has 0 bridgehead atoms. The molecule has 0 aromatic carbocycles. The van der Waals surface area contributed by atoms with Crippen LogP contribution >= 0.6 is 7.82 Å². The smallest absolute Gasteiger partial charge is 0.458 e. The maximum absolute atomic E-state index is 12.3. The number of carbonyl (C=O) groups is 2. The lowest BCUT2D eigenvalue weighted by Gasteiger charge is -2.18. The molecule has 0 aliphatic heterocycles. The Kier molecular flexibility index (Phi) is 35.3. The first-order valence-corrected chi connectivity index (χ1v) is 21.5. The summed E-state index contributed by atoms with van der Waals surface area (Å²) in [5.74, 6) is -1.19. The van der Waals surface area contributed by atoms with Gasteiger partial charge in [0.15, 0.2) is 6.10 Å². The van der Waals surface area contributed by atoms with Crippen molar-refractivity contribution in [1.82, 2.24) is 0 Å². The van der Waals surface area contributed by atoms with Gasteiger partial charge in [-0.1, -0.05) is 172 Å². The molecule has 50 heavy (non-hydrogen) atoms. The molecule has 0 saturated carbocycles. The highest BCUT2D eigenvalue weighted by molar-refractivity contribution is 7.46. The van der Waals surface area contributed by atoms with Crippen LogP contribution in [-0.2, 0) is 28.2 Å². The Morgan fingerprint density at radius 1 is 0.580 bits per heavy atom. The van der Waals surface area contributed by atoms with Crippen LogP contribution in [0.15, 0.2) is 48.6 Å². The molecular weight excluding hydrogens is 651 g/mol. The predicted octanol–water partition coefficient (Wildman–Crippen LogP) is 12.0. The van der Waals surface area contributed by atoms with Crippen molar-refractivity contribution in [1.29, 1.82) is 0 Å². The highest BCUT2D eigenvalue weighted by Gasteiger charge is 2.22. The van der Waals surface area contributed by atoms with Crippen LogP contribution in [-0.4, -0.2) is 41.0 Å². The maximum Gasteiger partial charge on any atom is 0.469 e. The number of allylic oxidation sites excluding steroid dienone is 7. The van der Waals surface area contributed by atoms with E-state index < -0.39 is 32.5 Å². The van der Waals surface area contributed by atoms with Gasteiger partial charge in [-0.3, -0.25) is 9.32 Å². The minimum Gasteiger partial charge on any atom is -0.458 e. The number of phosphoric ester groups is 1. The summed E-state index contributed by atoms with van der Waals surface area (Å²) in [6, 6.07) is 0.